The molecule has 4 aromatic carbocycles. The maximum Gasteiger partial charge on any atom is 0.573 e. The van der Waals surface area contributed by atoms with Crippen LogP contribution in [0.1, 0.15) is 22.8 Å². The molecular weight excluding hydrogens is 640 g/mol. The number of aliphatic hydroxyl groups excluding tert-OH is 1. The molecule has 0 saturated carbocycles. The fourth-order valence-corrected chi connectivity index (χ4v) is 4.36. The summed E-state index contributed by atoms with van der Waals surface area (Å²) in [6, 6.07) is 19.3. The summed E-state index contributed by atoms with van der Waals surface area (Å²) in [6.45, 7) is -0.759. The molecule has 0 aliphatic carbocycles. The fraction of sp³-hybridized carbons (Fsp3) is 0.226. The zero-order valence-electron chi connectivity index (χ0n) is 23.2. The molecule has 1 N–H and O–H groups in total. The minimum absolute atomic E-state index is 0.0606. The van der Waals surface area contributed by atoms with Gasteiger partial charge in [0.2, 0.25) is 0 Å². The van der Waals surface area contributed by atoms with Crippen molar-refractivity contribution < 1.29 is 63.2 Å². The Morgan fingerprint density at radius 2 is 1.24 bits per heavy atom. The second kappa shape index (κ2) is 13.8. The Bertz CT molecular complexity index is 1610. The van der Waals surface area contributed by atoms with Crippen LogP contribution in [-0.2, 0) is 12.7 Å². The highest BCUT2D eigenvalue weighted by Crippen LogP contribution is 2.37. The third-order valence-electron chi connectivity index (χ3n) is 6.26. The number of nitrogens with zero attached hydrogens (tertiary/aromatic N) is 1. The van der Waals surface area contributed by atoms with Gasteiger partial charge in [-0.2, -0.15) is 30.7 Å². The van der Waals surface area contributed by atoms with Crippen molar-refractivity contribution in [1.82, 2.24) is 0 Å². The fourth-order valence-electron chi connectivity index (χ4n) is 4.36. The van der Waals surface area contributed by atoms with Crippen LogP contribution in [-0.4, -0.2) is 30.5 Å². The van der Waals surface area contributed by atoms with Gasteiger partial charge >= 0.3 is 25.1 Å². The molecule has 0 radical (unpaired) electrons. The lowest BCUT2D eigenvalue weighted by Crippen LogP contribution is -2.33. The molecule has 4 rings (SSSR count). The van der Waals surface area contributed by atoms with Crippen LogP contribution >= 0.6 is 0 Å². The molecule has 0 fully saturated rings. The number of hydrogen-bond acceptors (Lipinski definition) is 5. The Kier molecular flexibility index (Phi) is 10.2. The van der Waals surface area contributed by atoms with Crippen molar-refractivity contribution >= 4 is 5.69 Å². The van der Waals surface area contributed by atoms with E-state index in [-0.39, 0.29) is 29.3 Å². The zero-order chi connectivity index (χ0) is 33.7. The molecule has 0 amide bonds. The van der Waals surface area contributed by atoms with Crippen molar-refractivity contribution in [3.8, 4) is 23.0 Å². The van der Waals surface area contributed by atoms with Crippen molar-refractivity contribution in [2.75, 3.05) is 11.4 Å². The van der Waals surface area contributed by atoms with Crippen molar-refractivity contribution in [1.29, 1.82) is 0 Å². The highest BCUT2D eigenvalue weighted by Gasteiger charge is 2.44. The molecule has 0 aliphatic heterocycles. The number of halogens is 10. The lowest BCUT2D eigenvalue weighted by Gasteiger charge is -2.29. The van der Waals surface area contributed by atoms with Gasteiger partial charge in [-0.1, -0.05) is 42.5 Å². The van der Waals surface area contributed by atoms with Crippen molar-refractivity contribution in [2.24, 2.45) is 0 Å². The van der Waals surface area contributed by atoms with Crippen LogP contribution in [0.4, 0.5) is 49.6 Å². The Balaban J connectivity index is 1.66. The second-order valence-corrected chi connectivity index (χ2v) is 9.72. The van der Waals surface area contributed by atoms with Crippen LogP contribution < -0.4 is 19.1 Å². The van der Waals surface area contributed by atoms with Crippen LogP contribution in [0.2, 0.25) is 0 Å². The number of ether oxygens (including phenoxy) is 3. The van der Waals surface area contributed by atoms with E-state index in [4.69, 9.17) is 4.74 Å². The number of hydrogen-bond donors (Lipinski definition) is 1. The molecule has 0 bridgehead atoms. The van der Waals surface area contributed by atoms with E-state index in [1.165, 1.54) is 59.5 Å². The molecular formula is C31H23F10NO4. The summed E-state index contributed by atoms with van der Waals surface area (Å²) in [4.78, 5) is 1.36. The largest absolute Gasteiger partial charge is 0.573 e. The number of anilines is 1. The van der Waals surface area contributed by atoms with E-state index in [0.717, 1.165) is 42.5 Å². The van der Waals surface area contributed by atoms with Crippen molar-refractivity contribution in [2.45, 2.75) is 37.7 Å². The first-order valence-corrected chi connectivity index (χ1v) is 13.2. The number of benzene rings is 4. The van der Waals surface area contributed by atoms with Crippen LogP contribution in [0.15, 0.2) is 97.1 Å². The maximum absolute atomic E-state index is 13.7. The molecule has 15 heteroatoms. The summed E-state index contributed by atoms with van der Waals surface area (Å²) < 4.78 is 145. The van der Waals surface area contributed by atoms with Gasteiger partial charge in [-0.3, -0.25) is 0 Å². The van der Waals surface area contributed by atoms with E-state index >= 15 is 0 Å². The van der Waals surface area contributed by atoms with Gasteiger partial charge in [0.15, 0.2) is 0 Å². The molecule has 0 aliphatic rings. The highest BCUT2D eigenvalue weighted by molar-refractivity contribution is 5.53. The Labute approximate surface area is 255 Å². The zero-order valence-corrected chi connectivity index (χ0v) is 23.2. The third-order valence-corrected chi connectivity index (χ3v) is 6.26. The van der Waals surface area contributed by atoms with Gasteiger partial charge in [0.25, 0.3) is 0 Å². The van der Waals surface area contributed by atoms with Crippen molar-refractivity contribution in [3.05, 3.63) is 114 Å². The summed E-state index contributed by atoms with van der Waals surface area (Å²) in [5.74, 6) is -1.18. The maximum atomic E-state index is 13.7. The highest BCUT2D eigenvalue weighted by atomic mass is 19.4. The van der Waals surface area contributed by atoms with Crippen molar-refractivity contribution in [3.63, 3.8) is 0 Å². The average molecular weight is 664 g/mol. The summed E-state index contributed by atoms with van der Waals surface area (Å²) in [5.41, 5.74) is -1.15. The topological polar surface area (TPSA) is 51.2 Å². The van der Waals surface area contributed by atoms with E-state index in [2.05, 4.69) is 9.47 Å². The monoisotopic (exact) mass is 663 g/mol. The Morgan fingerprint density at radius 3 is 1.89 bits per heavy atom. The summed E-state index contributed by atoms with van der Waals surface area (Å²) in [5, 5.41) is 11.0. The van der Waals surface area contributed by atoms with Crippen LogP contribution in [0, 0.1) is 0 Å². The number of aliphatic hydroxyl groups is 1. The normalized spacial score (nSPS) is 13.0. The van der Waals surface area contributed by atoms with E-state index in [1.807, 2.05) is 0 Å². The Morgan fingerprint density at radius 1 is 0.652 bits per heavy atom. The Hall–Kier alpha value is -4.66. The standard InChI is InChI=1S/C31H23F10NO4/c32-28(33)30(37,38)45-23-10-3-6-19(14-23)17-42(18-27(43)25-12-1-2-13-26(25)29(34,35)36)20-7-4-8-21(15-20)44-22-9-5-11-24(16-22)46-31(39,40)41/h1-16,27-28,43H,17-18H2. The second-order valence-electron chi connectivity index (χ2n) is 9.72. The first-order valence-electron chi connectivity index (χ1n) is 13.2. The van der Waals surface area contributed by atoms with E-state index in [1.54, 1.807) is 0 Å². The first-order chi connectivity index (χ1) is 21.5. The molecule has 5 nitrogen and oxygen atoms in total. The molecule has 0 saturated heterocycles. The molecule has 46 heavy (non-hydrogen) atoms. The minimum Gasteiger partial charge on any atom is -0.457 e. The van der Waals surface area contributed by atoms with E-state index in [0.29, 0.717) is 0 Å². The third kappa shape index (κ3) is 9.42. The number of alkyl halides is 10. The molecule has 0 aromatic heterocycles. The van der Waals surface area contributed by atoms with Crippen LogP contribution in [0.3, 0.4) is 0 Å². The van der Waals surface area contributed by atoms with Gasteiger partial charge < -0.3 is 24.2 Å². The van der Waals surface area contributed by atoms with Gasteiger partial charge in [-0.25, -0.2) is 0 Å². The molecule has 1 unspecified atom stereocenters. The van der Waals surface area contributed by atoms with Gasteiger partial charge in [0, 0.05) is 30.9 Å². The van der Waals surface area contributed by atoms with E-state index in [9.17, 15) is 49.0 Å². The van der Waals surface area contributed by atoms with Gasteiger partial charge in [-0.15, -0.1) is 13.2 Å². The lowest BCUT2D eigenvalue weighted by atomic mass is 10.0. The molecule has 246 valence electrons. The first kappa shape index (κ1) is 34.2. The lowest BCUT2D eigenvalue weighted by molar-refractivity contribution is -0.274. The number of rotatable bonds is 12. The molecule has 1 atom stereocenters. The van der Waals surface area contributed by atoms with Gasteiger partial charge in [-0.05, 0) is 53.6 Å². The van der Waals surface area contributed by atoms with Crippen LogP contribution in [0.5, 0.6) is 23.0 Å². The predicted octanol–water partition coefficient (Wildman–Crippen LogP) is 9.37. The van der Waals surface area contributed by atoms with Crippen LogP contribution in [0.25, 0.3) is 0 Å². The quantitative estimate of drug-likeness (QED) is 0.153. The summed E-state index contributed by atoms with van der Waals surface area (Å²) in [6.07, 6.45) is -20.4. The summed E-state index contributed by atoms with van der Waals surface area (Å²) in [7, 11) is 0. The molecule has 4 aromatic rings. The molecule has 0 spiro atoms. The SMILES string of the molecule is OC(CN(Cc1cccc(OC(F)(F)C(F)F)c1)c1cccc(Oc2cccc(OC(F)(F)F)c2)c1)c1ccccc1C(F)(F)F. The summed E-state index contributed by atoms with van der Waals surface area (Å²) >= 11 is 0. The molecule has 0 heterocycles. The van der Waals surface area contributed by atoms with E-state index < -0.39 is 60.3 Å². The smallest absolute Gasteiger partial charge is 0.457 e. The predicted molar refractivity (Wildman–Crippen MR) is 145 cm³/mol. The minimum atomic E-state index is -4.96. The van der Waals surface area contributed by atoms with Gasteiger partial charge in [0.1, 0.15) is 23.0 Å². The average Bonchev–Trinajstić information content (AvgIpc) is 2.96. The van der Waals surface area contributed by atoms with Gasteiger partial charge in [0.05, 0.1) is 11.7 Å².